The van der Waals surface area contributed by atoms with Crippen LogP contribution in [0.4, 0.5) is 11.4 Å². The molecule has 2 rings (SSSR count). The first-order chi connectivity index (χ1) is 8.28. The largest absolute Gasteiger partial charge is 0.508 e. The second-order valence-electron chi connectivity index (χ2n) is 3.51. The fraction of sp³-hybridized carbons (Fsp3) is 0. The number of benzene rings is 2. The third kappa shape index (κ3) is 3.01. The zero-order valence-corrected chi connectivity index (χ0v) is 9.24. The highest BCUT2D eigenvalue weighted by atomic mass is 16.3. The monoisotopic (exact) mass is 224 g/mol. The molecular weight excluding hydrogens is 212 g/mol. The van der Waals surface area contributed by atoms with E-state index in [0.29, 0.717) is 5.69 Å². The van der Waals surface area contributed by atoms with Gasteiger partial charge in [-0.05, 0) is 42.0 Å². The third-order valence-corrected chi connectivity index (χ3v) is 2.26. The van der Waals surface area contributed by atoms with E-state index in [-0.39, 0.29) is 5.75 Å². The van der Waals surface area contributed by atoms with Crippen molar-refractivity contribution in [1.29, 1.82) is 0 Å². The minimum Gasteiger partial charge on any atom is -0.508 e. The summed E-state index contributed by atoms with van der Waals surface area (Å²) in [6.45, 7) is 3.68. The van der Waals surface area contributed by atoms with Crippen LogP contribution in [-0.2, 0) is 0 Å². The second kappa shape index (κ2) is 5.07. The second-order valence-corrected chi connectivity index (χ2v) is 3.51. The average Bonchev–Trinajstić information content (AvgIpc) is 2.39. The number of hydrogen-bond donors (Lipinski definition) is 1. The molecule has 0 bridgehead atoms. The standard InChI is InChI=1S/C14H12N2O/c1-2-11-3-5-12(6-4-11)15-16-13-7-9-14(17)10-8-13/h2-10,17H,1H2. The summed E-state index contributed by atoms with van der Waals surface area (Å²) in [5.74, 6) is 0.222. The Kier molecular flexibility index (Phi) is 3.31. The third-order valence-electron chi connectivity index (χ3n) is 2.26. The molecule has 0 fully saturated rings. The number of hydrogen-bond acceptors (Lipinski definition) is 3. The first-order valence-corrected chi connectivity index (χ1v) is 5.21. The Balaban J connectivity index is 2.14. The van der Waals surface area contributed by atoms with Gasteiger partial charge in [0.25, 0.3) is 0 Å². The molecule has 0 spiro atoms. The van der Waals surface area contributed by atoms with Gasteiger partial charge in [-0.3, -0.25) is 0 Å². The Bertz CT molecular complexity index is 527. The summed E-state index contributed by atoms with van der Waals surface area (Å²) in [7, 11) is 0. The highest BCUT2D eigenvalue weighted by molar-refractivity contribution is 5.51. The number of rotatable bonds is 3. The van der Waals surface area contributed by atoms with Crippen LogP contribution in [0.1, 0.15) is 5.56 Å². The Labute approximate surface area is 99.8 Å². The van der Waals surface area contributed by atoms with Gasteiger partial charge in [0, 0.05) is 0 Å². The van der Waals surface area contributed by atoms with Crippen molar-refractivity contribution in [1.82, 2.24) is 0 Å². The van der Waals surface area contributed by atoms with Crippen LogP contribution in [0.3, 0.4) is 0 Å². The number of aromatic hydroxyl groups is 1. The number of phenols is 1. The van der Waals surface area contributed by atoms with Gasteiger partial charge in [-0.15, -0.1) is 0 Å². The zero-order chi connectivity index (χ0) is 12.1. The minimum absolute atomic E-state index is 0.222. The van der Waals surface area contributed by atoms with Crippen LogP contribution in [0.2, 0.25) is 0 Å². The summed E-state index contributed by atoms with van der Waals surface area (Å²) in [4.78, 5) is 0. The number of nitrogens with zero attached hydrogens (tertiary/aromatic N) is 2. The number of phenolic OH excluding ortho intramolecular Hbond substituents is 1. The van der Waals surface area contributed by atoms with Gasteiger partial charge < -0.3 is 5.11 Å². The molecule has 17 heavy (non-hydrogen) atoms. The molecule has 0 saturated heterocycles. The maximum absolute atomic E-state index is 9.12. The van der Waals surface area contributed by atoms with Gasteiger partial charge in [0.2, 0.25) is 0 Å². The molecule has 0 amide bonds. The van der Waals surface area contributed by atoms with E-state index >= 15 is 0 Å². The SMILES string of the molecule is C=Cc1ccc(N=Nc2ccc(O)cc2)cc1. The smallest absolute Gasteiger partial charge is 0.115 e. The van der Waals surface area contributed by atoms with Gasteiger partial charge in [-0.2, -0.15) is 10.2 Å². The lowest BCUT2D eigenvalue weighted by Crippen LogP contribution is -1.69. The molecule has 0 aliphatic heterocycles. The first-order valence-electron chi connectivity index (χ1n) is 5.21. The van der Waals surface area contributed by atoms with Crippen LogP contribution in [0, 0.1) is 0 Å². The first kappa shape index (κ1) is 11.1. The van der Waals surface area contributed by atoms with E-state index in [4.69, 9.17) is 5.11 Å². The van der Waals surface area contributed by atoms with Crippen molar-refractivity contribution >= 4 is 17.5 Å². The van der Waals surface area contributed by atoms with Crippen molar-refractivity contribution in [3.05, 3.63) is 60.7 Å². The van der Waals surface area contributed by atoms with Crippen molar-refractivity contribution in [2.75, 3.05) is 0 Å². The van der Waals surface area contributed by atoms with Gasteiger partial charge in [-0.1, -0.05) is 24.8 Å². The van der Waals surface area contributed by atoms with E-state index in [1.54, 1.807) is 30.3 Å². The Morgan fingerprint density at radius 1 is 0.824 bits per heavy atom. The molecule has 0 unspecified atom stereocenters. The lowest BCUT2D eigenvalue weighted by molar-refractivity contribution is 0.475. The van der Waals surface area contributed by atoms with Gasteiger partial charge in [-0.25, -0.2) is 0 Å². The summed E-state index contributed by atoms with van der Waals surface area (Å²) < 4.78 is 0. The summed E-state index contributed by atoms with van der Waals surface area (Å²) in [6, 6.07) is 14.2. The Morgan fingerprint density at radius 3 is 1.76 bits per heavy atom. The normalized spacial score (nSPS) is 10.6. The van der Waals surface area contributed by atoms with Crippen LogP contribution in [0.15, 0.2) is 65.3 Å². The molecule has 3 nitrogen and oxygen atoms in total. The zero-order valence-electron chi connectivity index (χ0n) is 9.24. The molecule has 0 aliphatic rings. The van der Waals surface area contributed by atoms with Gasteiger partial charge in [0.15, 0.2) is 0 Å². The molecule has 2 aromatic carbocycles. The lowest BCUT2D eigenvalue weighted by atomic mass is 10.2. The molecule has 2 aromatic rings. The van der Waals surface area contributed by atoms with Crippen molar-refractivity contribution in [3.8, 4) is 5.75 Å². The molecule has 1 N–H and O–H groups in total. The van der Waals surface area contributed by atoms with Crippen LogP contribution in [-0.4, -0.2) is 5.11 Å². The molecule has 0 atom stereocenters. The van der Waals surface area contributed by atoms with Crippen molar-refractivity contribution in [3.63, 3.8) is 0 Å². The van der Waals surface area contributed by atoms with Crippen molar-refractivity contribution < 1.29 is 5.11 Å². The van der Waals surface area contributed by atoms with E-state index < -0.39 is 0 Å². The van der Waals surface area contributed by atoms with E-state index in [1.165, 1.54) is 0 Å². The molecule has 84 valence electrons. The van der Waals surface area contributed by atoms with Crippen molar-refractivity contribution in [2.24, 2.45) is 10.2 Å². The molecule has 0 heterocycles. The van der Waals surface area contributed by atoms with Gasteiger partial charge in [0.1, 0.15) is 5.75 Å². The molecule has 0 saturated carbocycles. The topological polar surface area (TPSA) is 45.0 Å². The molecule has 0 radical (unpaired) electrons. The highest BCUT2D eigenvalue weighted by Crippen LogP contribution is 2.20. The maximum Gasteiger partial charge on any atom is 0.115 e. The molecule has 0 aliphatic carbocycles. The Morgan fingerprint density at radius 2 is 1.29 bits per heavy atom. The van der Waals surface area contributed by atoms with Crippen LogP contribution in [0.5, 0.6) is 5.75 Å². The molecule has 3 heteroatoms. The summed E-state index contributed by atoms with van der Waals surface area (Å²) in [5, 5.41) is 17.3. The predicted octanol–water partition coefficient (Wildman–Crippen LogP) is 4.45. The number of azo groups is 1. The quantitative estimate of drug-likeness (QED) is 0.769. The lowest BCUT2D eigenvalue weighted by Gasteiger charge is -1.95. The molecular formula is C14H12N2O. The maximum atomic E-state index is 9.12. The summed E-state index contributed by atoms with van der Waals surface area (Å²) in [6.07, 6.45) is 1.78. The fourth-order valence-corrected chi connectivity index (χ4v) is 1.31. The van der Waals surface area contributed by atoms with E-state index in [1.807, 2.05) is 24.3 Å². The van der Waals surface area contributed by atoms with Crippen LogP contribution in [0.25, 0.3) is 6.08 Å². The highest BCUT2D eigenvalue weighted by Gasteiger charge is 1.92. The molecule has 0 aromatic heterocycles. The average molecular weight is 224 g/mol. The van der Waals surface area contributed by atoms with Gasteiger partial charge >= 0.3 is 0 Å². The summed E-state index contributed by atoms with van der Waals surface area (Å²) in [5.41, 5.74) is 2.54. The van der Waals surface area contributed by atoms with Crippen LogP contribution >= 0.6 is 0 Å². The van der Waals surface area contributed by atoms with E-state index in [9.17, 15) is 0 Å². The van der Waals surface area contributed by atoms with Gasteiger partial charge in [0.05, 0.1) is 11.4 Å². The summed E-state index contributed by atoms with van der Waals surface area (Å²) >= 11 is 0. The van der Waals surface area contributed by atoms with E-state index in [0.717, 1.165) is 11.3 Å². The van der Waals surface area contributed by atoms with Crippen LogP contribution < -0.4 is 0 Å². The fourth-order valence-electron chi connectivity index (χ4n) is 1.31. The van der Waals surface area contributed by atoms with Crippen molar-refractivity contribution in [2.45, 2.75) is 0 Å². The van der Waals surface area contributed by atoms with E-state index in [2.05, 4.69) is 16.8 Å². The minimum atomic E-state index is 0.222. The predicted molar refractivity (Wildman–Crippen MR) is 68.8 cm³/mol. The Hall–Kier alpha value is -2.42.